The van der Waals surface area contributed by atoms with Gasteiger partial charge in [-0.05, 0) is 60.9 Å². The van der Waals surface area contributed by atoms with Crippen LogP contribution in [-0.2, 0) is 4.79 Å². The van der Waals surface area contributed by atoms with Crippen LogP contribution in [0.3, 0.4) is 0 Å². The van der Waals surface area contributed by atoms with Crippen LogP contribution in [0.15, 0.2) is 54.2 Å². The molecular weight excluding hydrogens is 460 g/mol. The van der Waals surface area contributed by atoms with Crippen LogP contribution in [0.4, 0.5) is 5.69 Å². The van der Waals surface area contributed by atoms with Crippen molar-refractivity contribution < 1.29 is 9.90 Å². The van der Waals surface area contributed by atoms with E-state index in [1.165, 1.54) is 57.3 Å². The molecule has 0 spiro atoms. The van der Waals surface area contributed by atoms with Crippen LogP contribution >= 0.6 is 22.7 Å². The van der Waals surface area contributed by atoms with E-state index in [2.05, 4.69) is 72.1 Å². The van der Waals surface area contributed by atoms with Crippen LogP contribution in [0.1, 0.15) is 54.8 Å². The van der Waals surface area contributed by atoms with Crippen molar-refractivity contribution in [3.63, 3.8) is 0 Å². The van der Waals surface area contributed by atoms with Crippen LogP contribution in [0.2, 0.25) is 0 Å². The largest absolute Gasteiger partial charge is 0.486 e. The molecule has 0 bridgehead atoms. The van der Waals surface area contributed by atoms with Crippen molar-refractivity contribution >= 4 is 62.0 Å². The number of aliphatic carboxylic acids is 1. The SMILES string of the molecule is [C-]#[N+]C(=CC=Cc1cc2sc(C=Cc3ccc(N(CCCC)CCCC)cc3)cc2s1)C(=O)O. The molecule has 0 fully saturated rings. The van der Waals surface area contributed by atoms with E-state index < -0.39 is 5.97 Å². The standard InChI is InChI=1S/C28H30N2O2S2/c1-4-6-17-30(18-7-5-2)22-14-11-21(12-15-22)13-16-24-20-27-26(34-24)19-23(33-27)9-8-10-25(29-3)28(31)32/h8-16,19-20H,4-7,17-18H2,1-2H3,(H,31,32). The van der Waals surface area contributed by atoms with E-state index in [0.29, 0.717) is 0 Å². The molecule has 3 aromatic rings. The van der Waals surface area contributed by atoms with E-state index in [1.807, 2.05) is 6.08 Å². The predicted octanol–water partition coefficient (Wildman–Crippen LogP) is 8.44. The third-order valence-corrected chi connectivity index (χ3v) is 7.58. The van der Waals surface area contributed by atoms with Gasteiger partial charge in [0.15, 0.2) is 0 Å². The molecular formula is C28H30N2O2S2. The highest BCUT2D eigenvalue weighted by Gasteiger charge is 2.07. The molecule has 0 radical (unpaired) electrons. The van der Waals surface area contributed by atoms with Gasteiger partial charge in [-0.3, -0.25) is 4.79 Å². The van der Waals surface area contributed by atoms with Gasteiger partial charge in [-0.2, -0.15) is 0 Å². The average molecular weight is 491 g/mol. The summed E-state index contributed by atoms with van der Waals surface area (Å²) < 4.78 is 2.41. The van der Waals surface area contributed by atoms with Crippen LogP contribution in [0, 0.1) is 6.57 Å². The number of carboxylic acid groups (broad SMARTS) is 1. The molecule has 2 aromatic heterocycles. The lowest BCUT2D eigenvalue weighted by molar-refractivity contribution is -0.132. The highest BCUT2D eigenvalue weighted by molar-refractivity contribution is 7.28. The Labute approximate surface area is 210 Å². The number of hydrogen-bond donors (Lipinski definition) is 1. The predicted molar refractivity (Wildman–Crippen MR) is 148 cm³/mol. The highest BCUT2D eigenvalue weighted by atomic mass is 32.1. The lowest BCUT2D eigenvalue weighted by Crippen LogP contribution is -2.25. The fourth-order valence-corrected chi connectivity index (χ4v) is 5.70. The first-order chi connectivity index (χ1) is 16.5. The number of fused-ring (bicyclic) bond motifs is 1. The zero-order chi connectivity index (χ0) is 24.3. The molecule has 0 amide bonds. The molecule has 2 heterocycles. The number of hydrogen-bond acceptors (Lipinski definition) is 4. The molecule has 0 aliphatic rings. The summed E-state index contributed by atoms with van der Waals surface area (Å²) in [4.78, 5) is 18.6. The van der Waals surface area contributed by atoms with Crippen molar-refractivity contribution in [1.82, 2.24) is 0 Å². The maximum atomic E-state index is 10.9. The van der Waals surface area contributed by atoms with E-state index in [9.17, 15) is 4.79 Å². The summed E-state index contributed by atoms with van der Waals surface area (Å²) in [5.74, 6) is -1.21. The Balaban J connectivity index is 1.65. The molecule has 6 heteroatoms. The van der Waals surface area contributed by atoms with E-state index in [4.69, 9.17) is 11.7 Å². The monoisotopic (exact) mass is 490 g/mol. The smallest absolute Gasteiger partial charge is 0.333 e. The Hall–Kier alpha value is -3.14. The number of carboxylic acids is 1. The van der Waals surface area contributed by atoms with Crippen molar-refractivity contribution in [2.75, 3.05) is 18.0 Å². The summed E-state index contributed by atoms with van der Waals surface area (Å²) in [5.41, 5.74) is 2.21. The van der Waals surface area contributed by atoms with Gasteiger partial charge in [0.2, 0.25) is 0 Å². The van der Waals surface area contributed by atoms with Crippen molar-refractivity contribution in [2.24, 2.45) is 0 Å². The molecule has 0 unspecified atom stereocenters. The van der Waals surface area contributed by atoms with Gasteiger partial charge in [-0.1, -0.05) is 51.0 Å². The first-order valence-electron chi connectivity index (χ1n) is 11.6. The number of benzene rings is 1. The minimum absolute atomic E-state index is 0.287. The van der Waals surface area contributed by atoms with Gasteiger partial charge in [0.25, 0.3) is 5.70 Å². The third kappa shape index (κ3) is 7.18. The topological polar surface area (TPSA) is 44.9 Å². The number of allylic oxidation sites excluding steroid dienone is 2. The number of unbranched alkanes of at least 4 members (excludes halogenated alkanes) is 2. The van der Waals surface area contributed by atoms with Gasteiger partial charge < -0.3 is 10.0 Å². The van der Waals surface area contributed by atoms with E-state index in [1.54, 1.807) is 28.7 Å². The van der Waals surface area contributed by atoms with Crippen LogP contribution < -0.4 is 4.90 Å². The van der Waals surface area contributed by atoms with E-state index >= 15 is 0 Å². The highest BCUT2D eigenvalue weighted by Crippen LogP contribution is 2.34. The second kappa shape index (κ2) is 12.9. The fourth-order valence-electron chi connectivity index (χ4n) is 3.47. The molecule has 34 heavy (non-hydrogen) atoms. The van der Waals surface area contributed by atoms with Crippen molar-refractivity contribution in [2.45, 2.75) is 39.5 Å². The zero-order valence-electron chi connectivity index (χ0n) is 19.7. The Morgan fingerprint density at radius 2 is 1.56 bits per heavy atom. The molecule has 0 aliphatic carbocycles. The summed E-state index contributed by atoms with van der Waals surface area (Å²) in [6.45, 7) is 13.6. The lowest BCUT2D eigenvalue weighted by atomic mass is 10.1. The minimum Gasteiger partial charge on any atom is -0.486 e. The summed E-state index contributed by atoms with van der Waals surface area (Å²) in [5, 5.41) is 8.89. The molecule has 3 rings (SSSR count). The van der Waals surface area contributed by atoms with Gasteiger partial charge in [-0.15, -0.1) is 22.7 Å². The van der Waals surface area contributed by atoms with Crippen LogP contribution in [0.5, 0.6) is 0 Å². The zero-order valence-corrected chi connectivity index (χ0v) is 21.3. The molecule has 4 nitrogen and oxygen atoms in total. The molecule has 176 valence electrons. The van der Waals surface area contributed by atoms with Crippen molar-refractivity contribution in [3.05, 3.63) is 81.0 Å². The number of thiophene rings is 2. The molecule has 0 saturated heterocycles. The summed E-state index contributed by atoms with van der Waals surface area (Å²) in [6.07, 6.45) is 14.0. The van der Waals surface area contributed by atoms with Gasteiger partial charge >= 0.3 is 5.97 Å². The molecule has 1 N–H and O–H groups in total. The Bertz CT molecular complexity index is 1180. The van der Waals surface area contributed by atoms with Crippen LogP contribution in [0.25, 0.3) is 32.5 Å². The van der Waals surface area contributed by atoms with E-state index in [-0.39, 0.29) is 5.70 Å². The third-order valence-electron chi connectivity index (χ3n) is 5.36. The molecule has 0 aliphatic heterocycles. The quantitative estimate of drug-likeness (QED) is 0.157. The normalized spacial score (nSPS) is 12.1. The number of nitrogens with zero attached hydrogens (tertiary/aromatic N) is 2. The first kappa shape index (κ1) is 25.5. The number of rotatable bonds is 12. The first-order valence-corrected chi connectivity index (χ1v) is 13.2. The molecule has 0 saturated carbocycles. The van der Waals surface area contributed by atoms with Gasteiger partial charge in [-0.25, -0.2) is 4.85 Å². The van der Waals surface area contributed by atoms with Crippen LogP contribution in [-0.4, -0.2) is 24.2 Å². The maximum Gasteiger partial charge on any atom is 0.333 e. The summed E-state index contributed by atoms with van der Waals surface area (Å²) >= 11 is 3.39. The number of carbonyl (C=O) groups is 1. The second-order valence-electron chi connectivity index (χ2n) is 7.97. The molecule has 0 atom stereocenters. The summed E-state index contributed by atoms with van der Waals surface area (Å²) in [6, 6.07) is 13.1. The molecule has 1 aromatic carbocycles. The van der Waals surface area contributed by atoms with Crippen molar-refractivity contribution in [3.8, 4) is 0 Å². The van der Waals surface area contributed by atoms with Gasteiger partial charge in [0.1, 0.15) is 0 Å². The van der Waals surface area contributed by atoms with E-state index in [0.717, 1.165) is 18.0 Å². The minimum atomic E-state index is -1.21. The Morgan fingerprint density at radius 3 is 2.09 bits per heavy atom. The van der Waals surface area contributed by atoms with Gasteiger partial charge in [0.05, 0.1) is 6.57 Å². The Kier molecular flexibility index (Phi) is 9.69. The van der Waals surface area contributed by atoms with Gasteiger partial charge in [0, 0.05) is 37.9 Å². The number of anilines is 1. The fraction of sp³-hybridized carbons (Fsp3) is 0.286. The second-order valence-corrected chi connectivity index (χ2v) is 10.2. The average Bonchev–Trinajstić information content (AvgIpc) is 3.39. The maximum absolute atomic E-state index is 10.9. The lowest BCUT2D eigenvalue weighted by Gasteiger charge is -2.24. The Morgan fingerprint density at radius 1 is 0.971 bits per heavy atom. The van der Waals surface area contributed by atoms with Crippen molar-refractivity contribution in [1.29, 1.82) is 0 Å². The summed E-state index contributed by atoms with van der Waals surface area (Å²) in [7, 11) is 0.